The Morgan fingerprint density at radius 1 is 1.08 bits per heavy atom. The van der Waals surface area contributed by atoms with E-state index in [-0.39, 0.29) is 24.5 Å². The van der Waals surface area contributed by atoms with Crippen molar-refractivity contribution in [2.45, 2.75) is 19.5 Å². The molecule has 0 spiro atoms. The first kappa shape index (κ1) is 25.1. The van der Waals surface area contributed by atoms with Crippen molar-refractivity contribution >= 4 is 39.3 Å². The molecule has 1 aromatic heterocycles. The van der Waals surface area contributed by atoms with Crippen LogP contribution in [0.25, 0.3) is 5.76 Å². The summed E-state index contributed by atoms with van der Waals surface area (Å²) in [7, 11) is 1.52. The van der Waals surface area contributed by atoms with Crippen LogP contribution >= 0.6 is 15.9 Å². The van der Waals surface area contributed by atoms with Crippen molar-refractivity contribution in [3.05, 3.63) is 99.3 Å². The summed E-state index contributed by atoms with van der Waals surface area (Å²) in [6.07, 6.45) is 1.56. The fraction of sp³-hybridized carbons (Fsp3) is 0.185. The number of rotatable bonds is 7. The molecule has 1 aliphatic heterocycles. The summed E-state index contributed by atoms with van der Waals surface area (Å²) in [6, 6.07) is 15.7. The smallest absolute Gasteiger partial charge is 0.338 e. The zero-order chi connectivity index (χ0) is 25.8. The predicted octanol–water partition coefficient (Wildman–Crippen LogP) is 4.65. The number of aromatic nitrogens is 1. The summed E-state index contributed by atoms with van der Waals surface area (Å²) >= 11 is 3.39. The van der Waals surface area contributed by atoms with Crippen molar-refractivity contribution in [3.63, 3.8) is 0 Å². The maximum Gasteiger partial charge on any atom is 0.338 e. The van der Waals surface area contributed by atoms with Crippen molar-refractivity contribution in [1.29, 1.82) is 0 Å². The number of pyridine rings is 1. The summed E-state index contributed by atoms with van der Waals surface area (Å²) in [4.78, 5) is 44.1. The number of ketones is 1. The van der Waals surface area contributed by atoms with Gasteiger partial charge in [0.1, 0.15) is 17.6 Å². The largest absolute Gasteiger partial charge is 0.507 e. The van der Waals surface area contributed by atoms with Gasteiger partial charge in [-0.3, -0.25) is 14.6 Å². The molecule has 2 aromatic carbocycles. The van der Waals surface area contributed by atoms with Crippen LogP contribution in [0.5, 0.6) is 5.75 Å². The molecule has 0 aliphatic carbocycles. The Morgan fingerprint density at radius 3 is 2.42 bits per heavy atom. The Bertz CT molecular complexity index is 1340. The fourth-order valence-electron chi connectivity index (χ4n) is 4.01. The average Bonchev–Trinajstić information content (AvgIpc) is 3.14. The van der Waals surface area contributed by atoms with Crippen molar-refractivity contribution in [3.8, 4) is 5.75 Å². The Hall–Kier alpha value is -3.98. The Morgan fingerprint density at radius 2 is 1.81 bits per heavy atom. The number of hydrogen-bond donors (Lipinski definition) is 1. The van der Waals surface area contributed by atoms with Gasteiger partial charge in [0.25, 0.3) is 11.7 Å². The maximum absolute atomic E-state index is 13.2. The van der Waals surface area contributed by atoms with Crippen LogP contribution in [0.3, 0.4) is 0 Å². The summed E-state index contributed by atoms with van der Waals surface area (Å²) in [6.45, 7) is 2.06. The molecule has 1 atom stereocenters. The second-order valence-electron chi connectivity index (χ2n) is 7.95. The highest BCUT2D eigenvalue weighted by atomic mass is 79.9. The van der Waals surface area contributed by atoms with Crippen LogP contribution in [0.15, 0.2) is 76.9 Å². The van der Waals surface area contributed by atoms with E-state index in [9.17, 15) is 19.5 Å². The van der Waals surface area contributed by atoms with E-state index in [4.69, 9.17) is 9.47 Å². The standard InChI is InChI=1S/C27H23BrN2O6/c1-3-36-27(34)17-9-7-16(8-10-17)15-30-23(20-6-4-5-13-29-20)22(25(32)26(30)33)24(31)18-11-12-21(35-2)19(28)14-18/h4-14,23,31H,3,15H2,1-2H3/b24-22-. The van der Waals surface area contributed by atoms with Crippen molar-refractivity contribution in [2.75, 3.05) is 13.7 Å². The molecule has 1 fully saturated rings. The number of nitrogens with zero attached hydrogens (tertiary/aromatic N) is 2. The summed E-state index contributed by atoms with van der Waals surface area (Å²) in [5, 5.41) is 11.2. The second kappa shape index (κ2) is 10.7. The van der Waals surface area contributed by atoms with Crippen molar-refractivity contribution < 1.29 is 29.0 Å². The minimum atomic E-state index is -0.906. The van der Waals surface area contributed by atoms with Crippen LogP contribution in [0.4, 0.5) is 0 Å². The van der Waals surface area contributed by atoms with Gasteiger partial charge in [0.05, 0.1) is 35.0 Å². The average molecular weight is 551 g/mol. The SMILES string of the molecule is CCOC(=O)c1ccc(CN2C(=O)C(=O)/C(=C(\O)c3ccc(OC)c(Br)c3)C2c2ccccn2)cc1. The highest BCUT2D eigenvalue weighted by Gasteiger charge is 2.46. The van der Waals surface area contributed by atoms with Gasteiger partial charge in [-0.2, -0.15) is 0 Å². The van der Waals surface area contributed by atoms with Gasteiger partial charge in [-0.25, -0.2) is 4.79 Å². The molecule has 0 bridgehead atoms. The molecule has 3 aromatic rings. The Kier molecular flexibility index (Phi) is 7.49. The highest BCUT2D eigenvalue weighted by Crippen LogP contribution is 2.40. The van der Waals surface area contributed by atoms with Crippen LogP contribution in [0, 0.1) is 0 Å². The first-order valence-corrected chi connectivity index (χ1v) is 11.9. The summed E-state index contributed by atoms with van der Waals surface area (Å²) in [5.41, 5.74) is 1.81. The first-order valence-electron chi connectivity index (χ1n) is 11.1. The van der Waals surface area contributed by atoms with E-state index in [1.807, 2.05) is 0 Å². The van der Waals surface area contributed by atoms with Gasteiger partial charge in [0.15, 0.2) is 0 Å². The minimum Gasteiger partial charge on any atom is -0.507 e. The van der Waals surface area contributed by atoms with E-state index in [0.717, 1.165) is 0 Å². The van der Waals surface area contributed by atoms with Crippen LogP contribution in [0.1, 0.15) is 40.1 Å². The lowest BCUT2D eigenvalue weighted by Gasteiger charge is -2.24. The van der Waals surface area contributed by atoms with Gasteiger partial charge in [-0.05, 0) is 70.9 Å². The van der Waals surface area contributed by atoms with E-state index >= 15 is 0 Å². The number of carbonyl (C=O) groups excluding carboxylic acids is 3. The number of ether oxygens (including phenoxy) is 2. The number of amides is 1. The normalized spacial score (nSPS) is 16.8. The lowest BCUT2D eigenvalue weighted by molar-refractivity contribution is -0.140. The summed E-state index contributed by atoms with van der Waals surface area (Å²) in [5.74, 6) is -1.76. The summed E-state index contributed by atoms with van der Waals surface area (Å²) < 4.78 is 10.8. The Labute approximate surface area is 216 Å². The molecule has 1 N–H and O–H groups in total. The van der Waals surface area contributed by atoms with Gasteiger partial charge in [0.2, 0.25) is 0 Å². The molecule has 9 heteroatoms. The highest BCUT2D eigenvalue weighted by molar-refractivity contribution is 9.10. The third-order valence-electron chi connectivity index (χ3n) is 5.75. The van der Waals surface area contributed by atoms with E-state index < -0.39 is 23.7 Å². The maximum atomic E-state index is 13.2. The molecular weight excluding hydrogens is 528 g/mol. The van der Waals surface area contributed by atoms with E-state index in [0.29, 0.717) is 32.6 Å². The minimum absolute atomic E-state index is 0.0566. The molecule has 1 unspecified atom stereocenters. The monoisotopic (exact) mass is 550 g/mol. The molecule has 1 amide bonds. The first-order chi connectivity index (χ1) is 17.3. The number of benzene rings is 2. The van der Waals surface area contributed by atoms with E-state index in [1.54, 1.807) is 73.8 Å². The topological polar surface area (TPSA) is 106 Å². The zero-order valence-corrected chi connectivity index (χ0v) is 21.2. The molecule has 8 nitrogen and oxygen atoms in total. The lowest BCUT2D eigenvalue weighted by atomic mass is 9.98. The molecule has 1 aliphatic rings. The molecule has 1 saturated heterocycles. The van der Waals surface area contributed by atoms with Crippen LogP contribution in [-0.2, 0) is 20.9 Å². The number of Topliss-reactive ketones (excluding diaryl/α,β-unsaturated/α-hetero) is 1. The number of aliphatic hydroxyl groups excluding tert-OH is 1. The predicted molar refractivity (Wildman–Crippen MR) is 135 cm³/mol. The second-order valence-corrected chi connectivity index (χ2v) is 8.80. The lowest BCUT2D eigenvalue weighted by Crippen LogP contribution is -2.29. The van der Waals surface area contributed by atoms with Gasteiger partial charge in [0, 0.05) is 18.3 Å². The number of carbonyl (C=O) groups is 3. The Balaban J connectivity index is 1.75. The number of esters is 1. The number of halogens is 1. The van der Waals surface area contributed by atoms with E-state index in [1.165, 1.54) is 12.0 Å². The van der Waals surface area contributed by atoms with Crippen LogP contribution in [-0.4, -0.2) is 46.4 Å². The van der Waals surface area contributed by atoms with Gasteiger partial charge < -0.3 is 19.5 Å². The van der Waals surface area contributed by atoms with Crippen molar-refractivity contribution in [2.24, 2.45) is 0 Å². The molecule has 4 rings (SSSR count). The number of likely N-dealkylation sites (tertiary alicyclic amines) is 1. The third kappa shape index (κ3) is 4.87. The van der Waals surface area contributed by atoms with Gasteiger partial charge in [-0.15, -0.1) is 0 Å². The van der Waals surface area contributed by atoms with Crippen molar-refractivity contribution in [1.82, 2.24) is 9.88 Å². The fourth-order valence-corrected chi connectivity index (χ4v) is 4.56. The third-order valence-corrected chi connectivity index (χ3v) is 6.37. The molecule has 36 heavy (non-hydrogen) atoms. The van der Waals surface area contributed by atoms with Gasteiger partial charge >= 0.3 is 5.97 Å². The van der Waals surface area contributed by atoms with Gasteiger partial charge in [-0.1, -0.05) is 18.2 Å². The molecule has 0 saturated carbocycles. The van der Waals surface area contributed by atoms with Crippen LogP contribution in [0.2, 0.25) is 0 Å². The van der Waals surface area contributed by atoms with Crippen LogP contribution < -0.4 is 4.74 Å². The molecule has 184 valence electrons. The molecule has 0 radical (unpaired) electrons. The quantitative estimate of drug-likeness (QED) is 0.197. The zero-order valence-electron chi connectivity index (χ0n) is 19.6. The molecular formula is C27H23BrN2O6. The number of methoxy groups -OCH3 is 1. The number of hydrogen-bond acceptors (Lipinski definition) is 7. The number of aliphatic hydroxyl groups is 1. The molecule has 2 heterocycles. The van der Waals surface area contributed by atoms with E-state index in [2.05, 4.69) is 20.9 Å².